The summed E-state index contributed by atoms with van der Waals surface area (Å²) in [6.45, 7) is 10.4. The number of hydrogen-bond donors (Lipinski definition) is 0. The van der Waals surface area contributed by atoms with Crippen molar-refractivity contribution in [2.45, 2.75) is 57.7 Å². The zero-order valence-electron chi connectivity index (χ0n) is 16.8. The van der Waals surface area contributed by atoms with Crippen LogP contribution in [0.4, 0.5) is 5.82 Å². The van der Waals surface area contributed by atoms with Crippen LogP contribution in [0.25, 0.3) is 0 Å². The standard InChI is InChI=1S/C22H29BN2O2/c1-21(2)22(3,4)27-23(26-21)19-11-8-14-24-20(19)25-15-12-18(13-16-25)17-9-6-5-7-10-17/h5-11,14,18H,12-13,15-16H2,1-4H3. The Morgan fingerprint density at radius 2 is 1.56 bits per heavy atom. The van der Waals surface area contributed by atoms with E-state index in [-0.39, 0.29) is 18.3 Å². The minimum atomic E-state index is -0.370. The normalized spacial score (nSPS) is 22.2. The second kappa shape index (κ2) is 6.95. The van der Waals surface area contributed by atoms with Crippen LogP contribution in [0.5, 0.6) is 0 Å². The van der Waals surface area contributed by atoms with Gasteiger partial charge in [0, 0.05) is 24.7 Å². The summed E-state index contributed by atoms with van der Waals surface area (Å²) in [6.07, 6.45) is 4.15. The van der Waals surface area contributed by atoms with E-state index in [1.54, 1.807) is 0 Å². The molecule has 0 radical (unpaired) electrons. The Morgan fingerprint density at radius 3 is 2.19 bits per heavy atom. The van der Waals surface area contributed by atoms with Gasteiger partial charge in [0.2, 0.25) is 0 Å². The maximum atomic E-state index is 6.28. The van der Waals surface area contributed by atoms with Gasteiger partial charge in [-0.25, -0.2) is 4.98 Å². The Morgan fingerprint density at radius 1 is 0.926 bits per heavy atom. The van der Waals surface area contributed by atoms with Crippen molar-refractivity contribution < 1.29 is 9.31 Å². The van der Waals surface area contributed by atoms with Crippen LogP contribution in [0, 0.1) is 0 Å². The van der Waals surface area contributed by atoms with E-state index in [1.807, 2.05) is 12.3 Å². The monoisotopic (exact) mass is 364 g/mol. The molecular weight excluding hydrogens is 335 g/mol. The van der Waals surface area contributed by atoms with E-state index in [2.05, 4.69) is 69.0 Å². The summed E-state index contributed by atoms with van der Waals surface area (Å²) in [5.41, 5.74) is 1.80. The molecule has 3 heterocycles. The van der Waals surface area contributed by atoms with Crippen LogP contribution >= 0.6 is 0 Å². The van der Waals surface area contributed by atoms with Gasteiger partial charge in [-0.2, -0.15) is 0 Å². The van der Waals surface area contributed by atoms with E-state index >= 15 is 0 Å². The molecule has 2 aliphatic heterocycles. The Balaban J connectivity index is 1.51. The van der Waals surface area contributed by atoms with E-state index in [4.69, 9.17) is 14.3 Å². The summed E-state index contributed by atoms with van der Waals surface area (Å²) in [5.74, 6) is 1.63. The first kappa shape index (κ1) is 18.5. The second-order valence-electron chi connectivity index (χ2n) is 8.68. The van der Waals surface area contributed by atoms with Crippen molar-refractivity contribution in [1.29, 1.82) is 0 Å². The van der Waals surface area contributed by atoms with E-state index in [0.29, 0.717) is 5.92 Å². The molecule has 5 heteroatoms. The maximum absolute atomic E-state index is 6.28. The third kappa shape index (κ3) is 3.51. The molecule has 0 aliphatic carbocycles. The lowest BCUT2D eigenvalue weighted by molar-refractivity contribution is 0.00578. The molecule has 2 aromatic rings. The van der Waals surface area contributed by atoms with Gasteiger partial charge in [-0.1, -0.05) is 36.4 Å². The highest BCUT2D eigenvalue weighted by Gasteiger charge is 2.52. The minimum absolute atomic E-state index is 0.342. The Hall–Kier alpha value is -1.85. The van der Waals surface area contributed by atoms with Crippen molar-refractivity contribution in [2.24, 2.45) is 0 Å². The van der Waals surface area contributed by atoms with Gasteiger partial charge in [-0.05, 0) is 58.1 Å². The largest absolute Gasteiger partial charge is 0.498 e. The van der Waals surface area contributed by atoms with Crippen molar-refractivity contribution in [2.75, 3.05) is 18.0 Å². The number of pyridine rings is 1. The topological polar surface area (TPSA) is 34.6 Å². The van der Waals surface area contributed by atoms with Crippen molar-refractivity contribution in [1.82, 2.24) is 4.98 Å². The molecule has 2 saturated heterocycles. The average molecular weight is 364 g/mol. The molecule has 0 unspecified atom stereocenters. The summed E-state index contributed by atoms with van der Waals surface area (Å²) in [7, 11) is -0.370. The number of benzene rings is 1. The van der Waals surface area contributed by atoms with Crippen LogP contribution in [0.3, 0.4) is 0 Å². The Labute approximate surface area is 163 Å². The fourth-order valence-corrected chi connectivity index (χ4v) is 3.98. The summed E-state index contributed by atoms with van der Waals surface area (Å²) >= 11 is 0. The molecule has 0 amide bonds. The van der Waals surface area contributed by atoms with Crippen LogP contribution in [0.1, 0.15) is 52.0 Å². The zero-order chi connectivity index (χ0) is 19.1. The molecule has 142 valence electrons. The van der Waals surface area contributed by atoms with Gasteiger partial charge >= 0.3 is 7.12 Å². The number of rotatable bonds is 3. The highest BCUT2D eigenvalue weighted by Crippen LogP contribution is 2.37. The number of hydrogen-bond acceptors (Lipinski definition) is 4. The fraction of sp³-hybridized carbons (Fsp3) is 0.500. The smallest absolute Gasteiger partial charge is 0.399 e. The van der Waals surface area contributed by atoms with Crippen LogP contribution in [0.15, 0.2) is 48.7 Å². The van der Waals surface area contributed by atoms with E-state index in [1.165, 1.54) is 5.56 Å². The summed E-state index contributed by atoms with van der Waals surface area (Å²) in [6, 6.07) is 14.9. The lowest BCUT2D eigenvalue weighted by atomic mass is 9.78. The number of nitrogens with zero attached hydrogens (tertiary/aromatic N) is 2. The molecule has 0 N–H and O–H groups in total. The predicted octanol–water partition coefficient (Wildman–Crippen LogP) is 3.76. The molecule has 4 rings (SSSR count). The summed E-state index contributed by atoms with van der Waals surface area (Å²) < 4.78 is 12.6. The molecule has 0 saturated carbocycles. The van der Waals surface area contributed by atoms with E-state index in [9.17, 15) is 0 Å². The third-order valence-corrected chi connectivity index (χ3v) is 6.39. The second-order valence-corrected chi connectivity index (χ2v) is 8.68. The van der Waals surface area contributed by atoms with Gasteiger partial charge in [-0.3, -0.25) is 0 Å². The molecule has 0 atom stereocenters. The van der Waals surface area contributed by atoms with Crippen LogP contribution in [-0.2, 0) is 9.31 Å². The molecular formula is C22H29BN2O2. The number of anilines is 1. The lowest BCUT2D eigenvalue weighted by Gasteiger charge is -2.34. The lowest BCUT2D eigenvalue weighted by Crippen LogP contribution is -2.42. The number of piperidine rings is 1. The molecule has 1 aromatic heterocycles. The molecule has 27 heavy (non-hydrogen) atoms. The molecule has 2 aliphatic rings. The van der Waals surface area contributed by atoms with Gasteiger partial charge < -0.3 is 14.2 Å². The van der Waals surface area contributed by atoms with E-state index in [0.717, 1.165) is 37.2 Å². The summed E-state index contributed by atoms with van der Waals surface area (Å²) in [5, 5.41) is 0. The van der Waals surface area contributed by atoms with Gasteiger partial charge in [0.25, 0.3) is 0 Å². The predicted molar refractivity (Wildman–Crippen MR) is 111 cm³/mol. The average Bonchev–Trinajstić information content (AvgIpc) is 2.90. The van der Waals surface area contributed by atoms with E-state index < -0.39 is 0 Å². The first-order valence-electron chi connectivity index (χ1n) is 9.98. The first-order valence-corrected chi connectivity index (χ1v) is 9.98. The third-order valence-electron chi connectivity index (χ3n) is 6.39. The van der Waals surface area contributed by atoms with Crippen LogP contribution in [-0.4, -0.2) is 36.4 Å². The molecule has 2 fully saturated rings. The van der Waals surface area contributed by atoms with Gasteiger partial charge in [0.05, 0.1) is 11.2 Å². The van der Waals surface area contributed by atoms with Gasteiger partial charge in [-0.15, -0.1) is 0 Å². The van der Waals surface area contributed by atoms with Gasteiger partial charge in [0.15, 0.2) is 0 Å². The van der Waals surface area contributed by atoms with Gasteiger partial charge in [0.1, 0.15) is 5.82 Å². The SMILES string of the molecule is CC1(C)OB(c2cccnc2N2CCC(c3ccccc3)CC2)OC1(C)C. The van der Waals surface area contributed by atoms with Crippen molar-refractivity contribution >= 4 is 18.4 Å². The minimum Gasteiger partial charge on any atom is -0.399 e. The molecule has 0 spiro atoms. The molecule has 0 bridgehead atoms. The fourth-order valence-electron chi connectivity index (χ4n) is 3.98. The van der Waals surface area contributed by atoms with Crippen molar-refractivity contribution in [3.63, 3.8) is 0 Å². The molecule has 4 nitrogen and oxygen atoms in total. The highest BCUT2D eigenvalue weighted by atomic mass is 16.7. The summed E-state index contributed by atoms with van der Waals surface area (Å²) in [4.78, 5) is 7.09. The van der Waals surface area contributed by atoms with Crippen LogP contribution in [0.2, 0.25) is 0 Å². The quantitative estimate of drug-likeness (QED) is 0.777. The van der Waals surface area contributed by atoms with Crippen molar-refractivity contribution in [3.8, 4) is 0 Å². The Bertz CT molecular complexity index is 770. The highest BCUT2D eigenvalue weighted by molar-refractivity contribution is 6.63. The Kier molecular flexibility index (Phi) is 4.77. The first-order chi connectivity index (χ1) is 12.9. The molecule has 1 aromatic carbocycles. The van der Waals surface area contributed by atoms with Crippen molar-refractivity contribution in [3.05, 3.63) is 54.2 Å². The maximum Gasteiger partial charge on any atom is 0.498 e. The number of aromatic nitrogens is 1. The zero-order valence-corrected chi connectivity index (χ0v) is 16.8. The van der Waals surface area contributed by atoms with Crippen LogP contribution < -0.4 is 10.4 Å².